The van der Waals surface area contributed by atoms with E-state index < -0.39 is 4.92 Å². The van der Waals surface area contributed by atoms with Crippen LogP contribution in [0.2, 0.25) is 0 Å². The van der Waals surface area contributed by atoms with Crippen molar-refractivity contribution in [3.63, 3.8) is 0 Å². The second kappa shape index (κ2) is 8.86. The number of nitro groups is 1. The molecule has 0 saturated heterocycles. The number of non-ortho nitro benzene ring substituents is 1. The Balaban J connectivity index is 1.68. The molecule has 1 aromatic carbocycles. The van der Waals surface area contributed by atoms with Crippen LogP contribution in [-0.4, -0.2) is 25.4 Å². The molecule has 1 aliphatic rings. The molecule has 154 valence electrons. The summed E-state index contributed by atoms with van der Waals surface area (Å²) in [5.74, 6) is 0.850. The monoisotopic (exact) mass is 405 g/mol. The Morgan fingerprint density at radius 3 is 2.77 bits per heavy atom. The van der Waals surface area contributed by atoms with Crippen LogP contribution in [0.4, 0.5) is 5.69 Å². The van der Waals surface area contributed by atoms with Gasteiger partial charge in [-0.1, -0.05) is 25.3 Å². The summed E-state index contributed by atoms with van der Waals surface area (Å²) in [6.45, 7) is 0.322. The van der Waals surface area contributed by atoms with Gasteiger partial charge in [0, 0.05) is 49.4 Å². The number of carbonyl (C=O) groups is 1. The second-order valence-corrected chi connectivity index (χ2v) is 7.49. The standard InChI is InChI=1S/C22H23N5O3/c28-22(25-15-16-5-4-10-23-14-16)19-9-8-18(27(29)30)13-20(19)26-12-11-24-21(26)17-6-2-1-3-7-17/h4-5,8-14,17H,1-3,6-7,15H2,(H,25,28). The van der Waals surface area contributed by atoms with Crippen molar-refractivity contribution >= 4 is 11.6 Å². The van der Waals surface area contributed by atoms with E-state index in [1.54, 1.807) is 30.9 Å². The first-order chi connectivity index (χ1) is 14.6. The molecule has 0 radical (unpaired) electrons. The van der Waals surface area contributed by atoms with E-state index in [0.29, 0.717) is 23.7 Å². The van der Waals surface area contributed by atoms with Crippen LogP contribution in [0.1, 0.15) is 59.8 Å². The lowest BCUT2D eigenvalue weighted by molar-refractivity contribution is -0.384. The fraction of sp³-hybridized carbons (Fsp3) is 0.318. The Kier molecular flexibility index (Phi) is 5.83. The summed E-state index contributed by atoms with van der Waals surface area (Å²) >= 11 is 0. The molecule has 4 rings (SSSR count). The van der Waals surface area contributed by atoms with E-state index >= 15 is 0 Å². The van der Waals surface area contributed by atoms with Gasteiger partial charge in [-0.05, 0) is 30.5 Å². The van der Waals surface area contributed by atoms with Gasteiger partial charge in [-0.3, -0.25) is 19.9 Å². The highest BCUT2D eigenvalue weighted by molar-refractivity contribution is 5.98. The number of amides is 1. The minimum absolute atomic E-state index is 0.0582. The first kappa shape index (κ1) is 19.8. The van der Waals surface area contributed by atoms with Gasteiger partial charge in [-0.15, -0.1) is 0 Å². The maximum atomic E-state index is 13.0. The van der Waals surface area contributed by atoms with Crippen molar-refractivity contribution in [3.8, 4) is 5.69 Å². The highest BCUT2D eigenvalue weighted by Crippen LogP contribution is 2.34. The largest absolute Gasteiger partial charge is 0.348 e. The first-order valence-corrected chi connectivity index (χ1v) is 10.1. The van der Waals surface area contributed by atoms with Gasteiger partial charge in [-0.25, -0.2) is 4.98 Å². The van der Waals surface area contributed by atoms with Crippen molar-refractivity contribution in [2.24, 2.45) is 0 Å². The molecule has 8 nitrogen and oxygen atoms in total. The first-order valence-electron chi connectivity index (χ1n) is 10.1. The zero-order chi connectivity index (χ0) is 20.9. The minimum Gasteiger partial charge on any atom is -0.348 e. The van der Waals surface area contributed by atoms with E-state index in [-0.39, 0.29) is 11.6 Å². The lowest BCUT2D eigenvalue weighted by atomic mass is 9.88. The van der Waals surface area contributed by atoms with Crippen LogP contribution in [0.5, 0.6) is 0 Å². The fourth-order valence-corrected chi connectivity index (χ4v) is 3.99. The lowest BCUT2D eigenvalue weighted by Gasteiger charge is -2.23. The molecule has 1 aliphatic carbocycles. The van der Waals surface area contributed by atoms with E-state index in [0.717, 1.165) is 37.1 Å². The molecular weight excluding hydrogens is 382 g/mol. The number of hydrogen-bond donors (Lipinski definition) is 1. The molecule has 0 bridgehead atoms. The molecule has 0 unspecified atom stereocenters. The average Bonchev–Trinajstić information content (AvgIpc) is 3.28. The Morgan fingerprint density at radius 2 is 2.03 bits per heavy atom. The molecule has 0 spiro atoms. The van der Waals surface area contributed by atoms with Gasteiger partial charge in [0.25, 0.3) is 11.6 Å². The van der Waals surface area contributed by atoms with Crippen LogP contribution in [0.15, 0.2) is 55.1 Å². The van der Waals surface area contributed by atoms with Gasteiger partial charge in [0.2, 0.25) is 0 Å². The summed E-state index contributed by atoms with van der Waals surface area (Å²) in [5.41, 5.74) is 1.67. The molecule has 30 heavy (non-hydrogen) atoms. The third-order valence-corrected chi connectivity index (χ3v) is 5.51. The number of benzene rings is 1. The third-order valence-electron chi connectivity index (χ3n) is 5.51. The molecule has 1 saturated carbocycles. The predicted octanol–water partition coefficient (Wildman–Crippen LogP) is 4.15. The van der Waals surface area contributed by atoms with Crippen LogP contribution in [0, 0.1) is 10.1 Å². The lowest BCUT2D eigenvalue weighted by Crippen LogP contribution is -2.25. The SMILES string of the molecule is O=C(NCc1cccnc1)c1ccc([N+](=O)[O-])cc1-n1ccnc1C1CCCCC1. The van der Waals surface area contributed by atoms with Crippen molar-refractivity contribution in [1.29, 1.82) is 0 Å². The van der Waals surface area contributed by atoms with Crippen LogP contribution >= 0.6 is 0 Å². The highest BCUT2D eigenvalue weighted by atomic mass is 16.6. The van der Waals surface area contributed by atoms with Gasteiger partial charge < -0.3 is 9.88 Å². The fourth-order valence-electron chi connectivity index (χ4n) is 3.99. The molecule has 0 atom stereocenters. The van der Waals surface area contributed by atoms with Gasteiger partial charge in [0.05, 0.1) is 16.2 Å². The zero-order valence-corrected chi connectivity index (χ0v) is 16.5. The van der Waals surface area contributed by atoms with Crippen molar-refractivity contribution in [1.82, 2.24) is 19.9 Å². The Morgan fingerprint density at radius 1 is 1.20 bits per heavy atom. The number of aromatic nitrogens is 3. The topological polar surface area (TPSA) is 103 Å². The van der Waals surface area contributed by atoms with Crippen LogP contribution < -0.4 is 5.32 Å². The zero-order valence-electron chi connectivity index (χ0n) is 16.5. The van der Waals surface area contributed by atoms with E-state index in [2.05, 4.69) is 15.3 Å². The quantitative estimate of drug-likeness (QED) is 0.490. The summed E-state index contributed by atoms with van der Waals surface area (Å²) < 4.78 is 1.84. The number of imidazole rings is 1. The molecule has 2 heterocycles. The highest BCUT2D eigenvalue weighted by Gasteiger charge is 2.24. The van der Waals surface area contributed by atoms with Gasteiger partial charge in [0.1, 0.15) is 5.82 Å². The number of hydrogen-bond acceptors (Lipinski definition) is 5. The molecule has 3 aromatic rings. The van der Waals surface area contributed by atoms with Crippen LogP contribution in [-0.2, 0) is 6.54 Å². The smallest absolute Gasteiger partial charge is 0.271 e. The van der Waals surface area contributed by atoms with Crippen LogP contribution in [0.25, 0.3) is 5.69 Å². The second-order valence-electron chi connectivity index (χ2n) is 7.49. The normalized spacial score (nSPS) is 14.4. The summed E-state index contributed by atoms with van der Waals surface area (Å²) in [5, 5.41) is 14.3. The summed E-state index contributed by atoms with van der Waals surface area (Å²) in [6.07, 6.45) is 12.4. The third kappa shape index (κ3) is 4.22. The number of carbonyl (C=O) groups excluding carboxylic acids is 1. The Hall–Kier alpha value is -3.55. The molecule has 1 fully saturated rings. The van der Waals surface area contributed by atoms with Gasteiger partial charge in [0.15, 0.2) is 0 Å². The molecule has 1 amide bonds. The van der Waals surface area contributed by atoms with E-state index in [1.165, 1.54) is 24.6 Å². The van der Waals surface area contributed by atoms with Crippen molar-refractivity contribution in [2.45, 2.75) is 44.6 Å². The van der Waals surface area contributed by atoms with Crippen LogP contribution in [0.3, 0.4) is 0 Å². The summed E-state index contributed by atoms with van der Waals surface area (Å²) in [4.78, 5) is 32.5. The van der Waals surface area contributed by atoms with E-state index in [1.807, 2.05) is 10.6 Å². The predicted molar refractivity (Wildman–Crippen MR) is 111 cm³/mol. The molecule has 2 aromatic heterocycles. The van der Waals surface area contributed by atoms with E-state index in [4.69, 9.17) is 0 Å². The Bertz CT molecular complexity index is 1040. The minimum atomic E-state index is -0.446. The molecular formula is C22H23N5O3. The van der Waals surface area contributed by atoms with E-state index in [9.17, 15) is 14.9 Å². The maximum Gasteiger partial charge on any atom is 0.271 e. The number of nitro benzene ring substituents is 1. The number of nitrogens with one attached hydrogen (secondary N) is 1. The van der Waals surface area contributed by atoms with Crippen molar-refractivity contribution < 1.29 is 9.72 Å². The molecule has 0 aliphatic heterocycles. The molecule has 1 N–H and O–H groups in total. The molecule has 8 heteroatoms. The number of nitrogens with zero attached hydrogens (tertiary/aromatic N) is 4. The summed E-state index contributed by atoms with van der Waals surface area (Å²) in [6, 6.07) is 8.01. The Labute approximate surface area is 174 Å². The van der Waals surface area contributed by atoms with Crippen molar-refractivity contribution in [3.05, 3.63) is 82.2 Å². The van der Waals surface area contributed by atoms with Crippen molar-refractivity contribution in [2.75, 3.05) is 0 Å². The number of pyridine rings is 1. The number of rotatable bonds is 6. The average molecular weight is 405 g/mol. The van der Waals surface area contributed by atoms with Gasteiger partial charge >= 0.3 is 0 Å². The van der Waals surface area contributed by atoms with Gasteiger partial charge in [-0.2, -0.15) is 0 Å². The maximum absolute atomic E-state index is 13.0. The summed E-state index contributed by atoms with van der Waals surface area (Å²) in [7, 11) is 0.